The van der Waals surface area contributed by atoms with Gasteiger partial charge in [-0.25, -0.2) is 0 Å². The topological polar surface area (TPSA) is 21.6 Å². The van der Waals surface area contributed by atoms with Crippen molar-refractivity contribution in [2.24, 2.45) is 10.4 Å². The van der Waals surface area contributed by atoms with Crippen LogP contribution in [0.4, 0.5) is 0 Å². The van der Waals surface area contributed by atoms with Gasteiger partial charge in [-0.2, -0.15) is 0 Å². The van der Waals surface area contributed by atoms with E-state index < -0.39 is 5.54 Å². The van der Waals surface area contributed by atoms with Gasteiger partial charge in [-0.15, -0.1) is 0 Å². The van der Waals surface area contributed by atoms with E-state index in [-0.39, 0.29) is 5.41 Å². The van der Waals surface area contributed by atoms with Crippen LogP contribution in [0, 0.1) is 5.41 Å². The molecule has 0 unspecified atom stereocenters. The van der Waals surface area contributed by atoms with E-state index in [1.165, 1.54) is 0 Å². The van der Waals surface area contributed by atoms with Crippen LogP contribution in [0.1, 0.15) is 38.8 Å². The van der Waals surface area contributed by atoms with Crippen molar-refractivity contribution in [2.45, 2.75) is 33.2 Å². The maximum atomic E-state index is 6.10. The number of rotatable bonds is 4. The summed E-state index contributed by atoms with van der Waals surface area (Å²) in [4.78, 5) is 5.23. The Kier molecular flexibility index (Phi) is 4.31. The zero-order valence-corrected chi connectivity index (χ0v) is 14.9. The first-order valence-electron chi connectivity index (χ1n) is 8.55. The van der Waals surface area contributed by atoms with Gasteiger partial charge < -0.3 is 4.74 Å². The van der Waals surface area contributed by atoms with Gasteiger partial charge in [0.1, 0.15) is 5.76 Å². The molecule has 2 heteroatoms. The smallest absolute Gasteiger partial charge is 0.168 e. The van der Waals surface area contributed by atoms with Crippen molar-refractivity contribution in [2.75, 3.05) is 6.61 Å². The Morgan fingerprint density at radius 3 is 1.79 bits per heavy atom. The first kappa shape index (κ1) is 16.5. The van der Waals surface area contributed by atoms with Gasteiger partial charge in [0, 0.05) is 17.2 Å². The second-order valence-electron chi connectivity index (χ2n) is 7.13. The van der Waals surface area contributed by atoms with Gasteiger partial charge in [-0.1, -0.05) is 81.4 Å². The average molecular weight is 319 g/mol. The number of hydrogen-bond donors (Lipinski definition) is 0. The maximum Gasteiger partial charge on any atom is 0.168 e. The van der Waals surface area contributed by atoms with Crippen molar-refractivity contribution in [3.63, 3.8) is 0 Å². The molecule has 1 aliphatic heterocycles. The van der Waals surface area contributed by atoms with Crippen molar-refractivity contribution >= 4 is 5.71 Å². The van der Waals surface area contributed by atoms with E-state index in [2.05, 4.69) is 75.4 Å². The van der Waals surface area contributed by atoms with Crippen LogP contribution in [0.25, 0.3) is 0 Å². The predicted octanol–water partition coefficient (Wildman–Crippen LogP) is 5.35. The Morgan fingerprint density at radius 2 is 1.38 bits per heavy atom. The molecule has 0 aromatic heterocycles. The van der Waals surface area contributed by atoms with Crippen LogP contribution >= 0.6 is 0 Å². The summed E-state index contributed by atoms with van der Waals surface area (Å²) in [6, 6.07) is 20.9. The Balaban J connectivity index is 2.29. The molecular formula is C22H25NO. The molecular weight excluding hydrogens is 294 g/mol. The second kappa shape index (κ2) is 6.27. The zero-order chi connectivity index (χ0) is 17.2. The highest BCUT2D eigenvalue weighted by Gasteiger charge is 2.45. The van der Waals surface area contributed by atoms with Crippen LogP contribution < -0.4 is 0 Å². The lowest BCUT2D eigenvalue weighted by Crippen LogP contribution is -2.28. The number of nitrogens with zero attached hydrogens (tertiary/aromatic N) is 1. The monoisotopic (exact) mass is 319 g/mol. The molecule has 24 heavy (non-hydrogen) atoms. The Labute approximate surface area is 144 Å². The molecule has 3 rings (SSSR count). The fraction of sp³-hybridized carbons (Fsp3) is 0.318. The molecule has 0 radical (unpaired) electrons. The molecule has 124 valence electrons. The Morgan fingerprint density at radius 1 is 0.875 bits per heavy atom. The molecule has 1 aliphatic rings. The fourth-order valence-corrected chi connectivity index (χ4v) is 3.12. The summed E-state index contributed by atoms with van der Waals surface area (Å²) in [6.07, 6.45) is 2.13. The standard InChI is InChI=1S/C22H25NO/c1-5-24-20-16-19(21(2,3)4)23-22(20,17-12-8-6-9-13-17)18-14-10-7-11-15-18/h6-16H,5H2,1-4H3. The lowest BCUT2D eigenvalue weighted by atomic mass is 9.82. The van der Waals surface area contributed by atoms with Crippen LogP contribution in [0.15, 0.2) is 77.5 Å². The van der Waals surface area contributed by atoms with Crippen LogP contribution in [-0.4, -0.2) is 12.3 Å². The molecule has 0 bridgehead atoms. The quantitative estimate of drug-likeness (QED) is 0.744. The van der Waals surface area contributed by atoms with Crippen molar-refractivity contribution in [3.8, 4) is 0 Å². The third kappa shape index (κ3) is 2.77. The van der Waals surface area contributed by atoms with Gasteiger partial charge in [-0.05, 0) is 18.1 Å². The summed E-state index contributed by atoms with van der Waals surface area (Å²) < 4.78 is 6.10. The number of benzene rings is 2. The number of aliphatic imine (C=N–C) groups is 1. The van der Waals surface area contributed by atoms with Gasteiger partial charge >= 0.3 is 0 Å². The summed E-state index contributed by atoms with van der Waals surface area (Å²) in [5.74, 6) is 0.910. The summed E-state index contributed by atoms with van der Waals surface area (Å²) in [5, 5.41) is 0. The summed E-state index contributed by atoms with van der Waals surface area (Å²) in [7, 11) is 0. The first-order chi connectivity index (χ1) is 11.5. The van der Waals surface area contributed by atoms with Gasteiger partial charge in [0.2, 0.25) is 0 Å². The lowest BCUT2D eigenvalue weighted by Gasteiger charge is -2.31. The minimum absolute atomic E-state index is 0.0341. The minimum atomic E-state index is -0.596. The molecule has 1 heterocycles. The third-order valence-electron chi connectivity index (χ3n) is 4.36. The molecule has 0 aliphatic carbocycles. The van der Waals surface area contributed by atoms with Crippen LogP contribution in [0.3, 0.4) is 0 Å². The molecule has 0 saturated carbocycles. The molecule has 0 atom stereocenters. The largest absolute Gasteiger partial charge is 0.495 e. The van der Waals surface area contributed by atoms with E-state index in [9.17, 15) is 0 Å². The highest BCUT2D eigenvalue weighted by molar-refractivity contribution is 6.02. The van der Waals surface area contributed by atoms with Crippen molar-refractivity contribution < 1.29 is 4.74 Å². The fourth-order valence-electron chi connectivity index (χ4n) is 3.12. The van der Waals surface area contributed by atoms with Crippen molar-refractivity contribution in [3.05, 3.63) is 83.6 Å². The van der Waals surface area contributed by atoms with Crippen molar-refractivity contribution in [1.29, 1.82) is 0 Å². The SMILES string of the molecule is CCOC1=CC(C(C)(C)C)=NC1(c1ccccc1)c1ccccc1. The lowest BCUT2D eigenvalue weighted by molar-refractivity contribution is 0.193. The molecule has 0 saturated heterocycles. The number of ether oxygens (including phenoxy) is 1. The summed E-state index contributed by atoms with van der Waals surface area (Å²) in [5.41, 5.74) is 2.71. The highest BCUT2D eigenvalue weighted by atomic mass is 16.5. The van der Waals surface area contributed by atoms with E-state index in [0.717, 1.165) is 22.6 Å². The molecule has 0 N–H and O–H groups in total. The molecule has 2 nitrogen and oxygen atoms in total. The normalized spacial score (nSPS) is 16.5. The van der Waals surface area contributed by atoms with E-state index in [0.29, 0.717) is 6.61 Å². The van der Waals surface area contributed by atoms with Crippen LogP contribution in [0.2, 0.25) is 0 Å². The number of hydrogen-bond acceptors (Lipinski definition) is 2. The van der Waals surface area contributed by atoms with Crippen molar-refractivity contribution in [1.82, 2.24) is 0 Å². The zero-order valence-electron chi connectivity index (χ0n) is 14.9. The van der Waals surface area contributed by atoms with E-state index in [1.54, 1.807) is 0 Å². The maximum absolute atomic E-state index is 6.10. The van der Waals surface area contributed by atoms with Gasteiger partial charge in [0.05, 0.1) is 6.61 Å². The minimum Gasteiger partial charge on any atom is -0.495 e. The first-order valence-corrected chi connectivity index (χ1v) is 8.55. The average Bonchev–Trinajstić information content (AvgIpc) is 2.98. The molecule has 0 amide bonds. The van der Waals surface area contributed by atoms with E-state index in [1.807, 2.05) is 19.1 Å². The van der Waals surface area contributed by atoms with Crippen LogP contribution in [-0.2, 0) is 10.3 Å². The summed E-state index contributed by atoms with van der Waals surface area (Å²) in [6.45, 7) is 9.23. The predicted molar refractivity (Wildman–Crippen MR) is 100 cm³/mol. The van der Waals surface area contributed by atoms with E-state index in [4.69, 9.17) is 9.73 Å². The summed E-state index contributed by atoms with van der Waals surface area (Å²) >= 11 is 0. The highest BCUT2D eigenvalue weighted by Crippen LogP contribution is 2.46. The molecule has 2 aromatic rings. The number of allylic oxidation sites excluding steroid dienone is 1. The van der Waals surface area contributed by atoms with E-state index >= 15 is 0 Å². The van der Waals surface area contributed by atoms with Gasteiger partial charge in [0.25, 0.3) is 0 Å². The Hall–Kier alpha value is -2.35. The van der Waals surface area contributed by atoms with Gasteiger partial charge in [-0.3, -0.25) is 4.99 Å². The van der Waals surface area contributed by atoms with Crippen LogP contribution in [0.5, 0.6) is 0 Å². The van der Waals surface area contributed by atoms with Gasteiger partial charge in [0.15, 0.2) is 5.54 Å². The molecule has 0 spiro atoms. The molecule has 0 fully saturated rings. The second-order valence-corrected chi connectivity index (χ2v) is 7.13. The Bertz CT molecular complexity index is 712. The molecule has 2 aromatic carbocycles. The third-order valence-corrected chi connectivity index (χ3v) is 4.36.